The third-order valence-corrected chi connectivity index (χ3v) is 7.12. The van der Waals surface area contributed by atoms with Crippen LogP contribution >= 0.6 is 0 Å². The van der Waals surface area contributed by atoms with E-state index in [1.54, 1.807) is 0 Å². The zero-order chi connectivity index (χ0) is 19.8. The van der Waals surface area contributed by atoms with Crippen LogP contribution in [0.2, 0.25) is 0 Å². The smallest absolute Gasteiger partial charge is 0.317 e. The van der Waals surface area contributed by atoms with Gasteiger partial charge in [-0.3, -0.25) is 0 Å². The summed E-state index contributed by atoms with van der Waals surface area (Å²) in [4.78, 5) is 18.7. The van der Waals surface area contributed by atoms with Crippen molar-refractivity contribution in [1.29, 1.82) is 0 Å². The van der Waals surface area contributed by atoms with E-state index in [1.807, 2.05) is 17.4 Å². The van der Waals surface area contributed by atoms with Crippen molar-refractivity contribution in [3.05, 3.63) is 42.4 Å². The predicted octanol–water partition coefficient (Wildman–Crippen LogP) is 3.57. The van der Waals surface area contributed by atoms with Crippen LogP contribution in [-0.4, -0.2) is 50.8 Å². The molecule has 0 radical (unpaired) electrons. The highest BCUT2D eigenvalue weighted by molar-refractivity contribution is 5.74. The number of piperidine rings is 1. The first-order chi connectivity index (χ1) is 14.2. The van der Waals surface area contributed by atoms with Gasteiger partial charge in [-0.25, -0.2) is 9.78 Å². The molecule has 3 aliphatic rings. The van der Waals surface area contributed by atoms with Crippen LogP contribution in [0.5, 0.6) is 0 Å². The van der Waals surface area contributed by atoms with E-state index in [-0.39, 0.29) is 24.1 Å². The minimum atomic E-state index is -0.374. The predicted molar refractivity (Wildman–Crippen MR) is 112 cm³/mol. The van der Waals surface area contributed by atoms with Crippen molar-refractivity contribution in [3.8, 4) is 11.3 Å². The second kappa shape index (κ2) is 7.82. The van der Waals surface area contributed by atoms with Gasteiger partial charge in [0.15, 0.2) is 0 Å². The molecular formula is C23H30N4O2. The number of hydrogen-bond donors (Lipinski definition) is 2. The molecule has 6 nitrogen and oxygen atoms in total. The molecule has 2 amide bonds. The highest BCUT2D eigenvalue weighted by atomic mass is 16.3. The molecular weight excluding hydrogens is 364 g/mol. The number of carbonyl (C=O) groups excluding carboxylic acids is 1. The molecule has 0 bridgehead atoms. The van der Waals surface area contributed by atoms with Crippen molar-refractivity contribution >= 4 is 6.03 Å². The summed E-state index contributed by atoms with van der Waals surface area (Å²) in [6.45, 7) is 1.47. The number of rotatable bonds is 4. The molecule has 2 aliphatic heterocycles. The van der Waals surface area contributed by atoms with E-state index in [9.17, 15) is 9.90 Å². The lowest BCUT2D eigenvalue weighted by atomic mass is 9.86. The first-order valence-corrected chi connectivity index (χ1v) is 11.1. The van der Waals surface area contributed by atoms with Gasteiger partial charge >= 0.3 is 6.03 Å². The van der Waals surface area contributed by atoms with E-state index in [0.717, 1.165) is 44.5 Å². The summed E-state index contributed by atoms with van der Waals surface area (Å²) in [5.74, 6) is 0.241. The van der Waals surface area contributed by atoms with Crippen LogP contribution in [0.25, 0.3) is 11.3 Å². The maximum absolute atomic E-state index is 12.5. The summed E-state index contributed by atoms with van der Waals surface area (Å²) in [6, 6.07) is 9.00. The first kappa shape index (κ1) is 18.7. The minimum Gasteiger partial charge on any atom is -0.393 e. The average molecular weight is 395 g/mol. The molecule has 2 aromatic rings. The fourth-order valence-corrected chi connectivity index (χ4v) is 5.42. The van der Waals surface area contributed by atoms with E-state index >= 15 is 0 Å². The van der Waals surface area contributed by atoms with Crippen molar-refractivity contribution < 1.29 is 9.90 Å². The maximum Gasteiger partial charge on any atom is 0.317 e. The van der Waals surface area contributed by atoms with Crippen LogP contribution in [-0.2, 0) is 0 Å². The Morgan fingerprint density at radius 3 is 2.72 bits per heavy atom. The molecule has 2 fully saturated rings. The number of nitrogens with zero attached hydrogens (tertiary/aromatic N) is 3. The van der Waals surface area contributed by atoms with Gasteiger partial charge in [0.25, 0.3) is 0 Å². The van der Waals surface area contributed by atoms with Crippen molar-refractivity contribution in [2.24, 2.45) is 5.92 Å². The largest absolute Gasteiger partial charge is 0.393 e. The van der Waals surface area contributed by atoms with Gasteiger partial charge in [0.05, 0.1) is 30.4 Å². The monoisotopic (exact) mass is 394 g/mol. The number of benzene rings is 1. The highest BCUT2D eigenvalue weighted by Gasteiger charge is 2.34. The normalized spacial score (nSPS) is 23.1. The molecule has 1 aromatic heterocycles. The fourth-order valence-electron chi connectivity index (χ4n) is 5.42. The molecule has 1 aromatic carbocycles. The van der Waals surface area contributed by atoms with Crippen LogP contribution in [0.4, 0.5) is 4.79 Å². The first-order valence-electron chi connectivity index (χ1n) is 11.1. The third-order valence-electron chi connectivity index (χ3n) is 7.12. The quantitative estimate of drug-likeness (QED) is 0.833. The van der Waals surface area contributed by atoms with Crippen LogP contribution < -0.4 is 5.32 Å². The number of carbonyl (C=O) groups is 1. The number of imidazole rings is 1. The molecule has 0 spiro atoms. The van der Waals surface area contributed by atoms with E-state index in [0.29, 0.717) is 12.5 Å². The number of aromatic nitrogens is 2. The maximum atomic E-state index is 12.5. The molecule has 2 N–H and O–H groups in total. The Labute approximate surface area is 171 Å². The summed E-state index contributed by atoms with van der Waals surface area (Å²) in [5, 5.41) is 14.2. The number of amides is 2. The van der Waals surface area contributed by atoms with Gasteiger partial charge in [0, 0.05) is 24.7 Å². The van der Waals surface area contributed by atoms with Gasteiger partial charge in [-0.2, -0.15) is 0 Å². The highest BCUT2D eigenvalue weighted by Crippen LogP contribution is 2.42. The lowest BCUT2D eigenvalue weighted by molar-refractivity contribution is 0.0536. The zero-order valence-corrected chi connectivity index (χ0v) is 16.8. The van der Waals surface area contributed by atoms with Gasteiger partial charge in [-0.1, -0.05) is 37.1 Å². The van der Waals surface area contributed by atoms with Crippen LogP contribution in [0.3, 0.4) is 0 Å². The van der Waals surface area contributed by atoms with Crippen molar-refractivity contribution in [2.75, 3.05) is 13.1 Å². The Morgan fingerprint density at radius 2 is 1.93 bits per heavy atom. The van der Waals surface area contributed by atoms with Gasteiger partial charge < -0.3 is 19.9 Å². The Kier molecular flexibility index (Phi) is 5.04. The van der Waals surface area contributed by atoms with Gasteiger partial charge in [0.2, 0.25) is 0 Å². The molecule has 154 valence electrons. The molecule has 1 unspecified atom stereocenters. The second-order valence-electron chi connectivity index (χ2n) is 8.85. The Balaban J connectivity index is 1.19. The molecule has 1 saturated carbocycles. The number of likely N-dealkylation sites (tertiary alicyclic amines) is 1. The molecule has 3 heterocycles. The lowest BCUT2D eigenvalue weighted by Gasteiger charge is -2.35. The summed E-state index contributed by atoms with van der Waals surface area (Å²) in [7, 11) is 0. The summed E-state index contributed by atoms with van der Waals surface area (Å²) >= 11 is 0. The average Bonchev–Trinajstić information content (AvgIpc) is 3.48. The van der Waals surface area contributed by atoms with Crippen LogP contribution in [0, 0.1) is 5.92 Å². The number of urea groups is 1. The number of nitrogens with one attached hydrogen (secondary N) is 1. The molecule has 6 heteroatoms. The van der Waals surface area contributed by atoms with E-state index in [2.05, 4.69) is 39.1 Å². The van der Waals surface area contributed by atoms with Crippen LogP contribution in [0.1, 0.15) is 56.6 Å². The summed E-state index contributed by atoms with van der Waals surface area (Å²) in [6.07, 6.45) is 10.5. The molecule has 1 aliphatic carbocycles. The topological polar surface area (TPSA) is 70.4 Å². The SMILES string of the molecule is O=C(NC1CCCC1)N1CCC([C@H](O)CC2c3ccccc3-c3cncn32)CC1. The fraction of sp³-hybridized carbons (Fsp3) is 0.565. The van der Waals surface area contributed by atoms with E-state index in [1.165, 1.54) is 24.0 Å². The zero-order valence-electron chi connectivity index (χ0n) is 16.8. The number of aliphatic hydroxyl groups excluding tert-OH is 1. The molecule has 2 atom stereocenters. The van der Waals surface area contributed by atoms with Gasteiger partial charge in [0.1, 0.15) is 0 Å². The molecule has 29 heavy (non-hydrogen) atoms. The minimum absolute atomic E-state index is 0.0811. The lowest BCUT2D eigenvalue weighted by Crippen LogP contribution is -2.48. The number of aliphatic hydroxyl groups is 1. The van der Waals surface area contributed by atoms with E-state index in [4.69, 9.17) is 0 Å². The number of fused-ring (bicyclic) bond motifs is 3. The molecule has 1 saturated heterocycles. The standard InChI is InChI=1S/C23H30N4O2/c28-22(13-20-18-7-3-4-8-19(18)21-14-24-15-27(20)21)16-9-11-26(12-10-16)23(29)25-17-5-1-2-6-17/h3-4,7-8,14-17,20,22,28H,1-2,5-6,9-13H2,(H,25,29)/t20?,22-/m1/s1. The van der Waals surface area contributed by atoms with E-state index < -0.39 is 0 Å². The Morgan fingerprint density at radius 1 is 1.17 bits per heavy atom. The third kappa shape index (κ3) is 3.54. The van der Waals surface area contributed by atoms with Gasteiger partial charge in [-0.05, 0) is 43.6 Å². The Hall–Kier alpha value is -2.34. The Bertz CT molecular complexity index is 865. The van der Waals surface area contributed by atoms with Crippen LogP contribution in [0.15, 0.2) is 36.8 Å². The van der Waals surface area contributed by atoms with Crippen molar-refractivity contribution in [1.82, 2.24) is 19.8 Å². The van der Waals surface area contributed by atoms with Crippen molar-refractivity contribution in [3.63, 3.8) is 0 Å². The van der Waals surface area contributed by atoms with Gasteiger partial charge in [-0.15, -0.1) is 0 Å². The summed E-state index contributed by atoms with van der Waals surface area (Å²) < 4.78 is 2.19. The summed E-state index contributed by atoms with van der Waals surface area (Å²) in [5.41, 5.74) is 3.63. The van der Waals surface area contributed by atoms with Crippen molar-refractivity contribution in [2.45, 2.75) is 63.1 Å². The molecule has 5 rings (SSSR count). The number of hydrogen-bond acceptors (Lipinski definition) is 3. The second-order valence-corrected chi connectivity index (χ2v) is 8.85.